The van der Waals surface area contributed by atoms with Crippen molar-refractivity contribution >= 4 is 38.3 Å². The highest BCUT2D eigenvalue weighted by molar-refractivity contribution is 9.09. The van der Waals surface area contributed by atoms with Gasteiger partial charge in [-0.15, -0.1) is 0 Å². The van der Waals surface area contributed by atoms with Gasteiger partial charge in [0, 0.05) is 5.02 Å². The summed E-state index contributed by atoms with van der Waals surface area (Å²) in [5.41, 5.74) is 4.85. The lowest BCUT2D eigenvalue weighted by Gasteiger charge is -2.18. The summed E-state index contributed by atoms with van der Waals surface area (Å²) in [4.78, 5) is 0.0942. The third kappa shape index (κ3) is 2.73. The molecule has 0 aromatic heterocycles. The molecule has 0 saturated carbocycles. The summed E-state index contributed by atoms with van der Waals surface area (Å²) in [6, 6.07) is 19.1. The lowest BCUT2D eigenvalue weighted by atomic mass is 9.94. The minimum Gasteiger partial charge on any atom is -0.0840 e. The Balaban J connectivity index is 2.21. The number of hydrogen-bond acceptors (Lipinski definition) is 0. The summed E-state index contributed by atoms with van der Waals surface area (Å²) >= 11 is 10.3. The van der Waals surface area contributed by atoms with E-state index in [1.54, 1.807) is 0 Å². The first kappa shape index (κ1) is 14.6. The van der Waals surface area contributed by atoms with Crippen molar-refractivity contribution in [2.24, 2.45) is 0 Å². The number of fused-ring (bicyclic) bond motifs is 1. The van der Waals surface area contributed by atoms with Crippen molar-refractivity contribution in [1.82, 2.24) is 0 Å². The summed E-state index contributed by atoms with van der Waals surface area (Å²) in [6.07, 6.45) is 0. The quantitative estimate of drug-likeness (QED) is 0.452. The molecule has 0 aliphatic rings. The number of alkyl halides is 1. The molecule has 0 aliphatic carbocycles. The molecule has 21 heavy (non-hydrogen) atoms. The molecule has 0 amide bonds. The molecule has 1 atom stereocenters. The Morgan fingerprint density at radius 2 is 1.71 bits per heavy atom. The summed E-state index contributed by atoms with van der Waals surface area (Å²) < 4.78 is 0. The molecule has 0 aliphatic heterocycles. The molecule has 0 bridgehead atoms. The van der Waals surface area contributed by atoms with Crippen LogP contribution in [0.5, 0.6) is 0 Å². The highest BCUT2D eigenvalue weighted by atomic mass is 79.9. The second-order valence-corrected chi connectivity index (χ2v) is 6.73. The maximum atomic E-state index is 6.45. The number of halogens is 2. The molecule has 3 aromatic carbocycles. The second-order valence-electron chi connectivity index (χ2n) is 5.40. The zero-order chi connectivity index (χ0) is 15.0. The minimum absolute atomic E-state index is 0.0942. The van der Waals surface area contributed by atoms with Crippen LogP contribution < -0.4 is 0 Å². The molecule has 0 spiro atoms. The van der Waals surface area contributed by atoms with Gasteiger partial charge in [-0.05, 0) is 52.9 Å². The summed E-state index contributed by atoms with van der Waals surface area (Å²) in [7, 11) is 0. The number of hydrogen-bond donors (Lipinski definition) is 0. The van der Waals surface area contributed by atoms with E-state index in [-0.39, 0.29) is 4.83 Å². The second kappa shape index (κ2) is 5.82. The van der Waals surface area contributed by atoms with Crippen LogP contribution in [0, 0.1) is 13.8 Å². The molecule has 0 heterocycles. The minimum atomic E-state index is 0.0942. The van der Waals surface area contributed by atoms with Crippen molar-refractivity contribution in [3.8, 4) is 0 Å². The maximum absolute atomic E-state index is 6.45. The summed E-state index contributed by atoms with van der Waals surface area (Å²) in [5.74, 6) is 0. The van der Waals surface area contributed by atoms with Gasteiger partial charge in [0.2, 0.25) is 0 Å². The van der Waals surface area contributed by atoms with Crippen LogP contribution in [-0.2, 0) is 0 Å². The van der Waals surface area contributed by atoms with Gasteiger partial charge in [-0.25, -0.2) is 0 Å². The average Bonchev–Trinajstić information content (AvgIpc) is 2.46. The average molecular weight is 360 g/mol. The van der Waals surface area contributed by atoms with Crippen LogP contribution in [0.4, 0.5) is 0 Å². The third-order valence-corrected chi connectivity index (χ3v) is 5.15. The molecular formula is C19H16BrCl. The highest BCUT2D eigenvalue weighted by Crippen LogP contribution is 2.40. The predicted molar refractivity (Wildman–Crippen MR) is 95.6 cm³/mol. The van der Waals surface area contributed by atoms with Crippen LogP contribution in [0.25, 0.3) is 10.8 Å². The Hall–Kier alpha value is -1.31. The van der Waals surface area contributed by atoms with Crippen LogP contribution in [0.2, 0.25) is 5.02 Å². The molecule has 2 heteroatoms. The van der Waals surface area contributed by atoms with Gasteiger partial charge in [0.15, 0.2) is 0 Å². The van der Waals surface area contributed by atoms with E-state index in [0.29, 0.717) is 0 Å². The van der Waals surface area contributed by atoms with E-state index in [0.717, 1.165) is 10.6 Å². The number of rotatable bonds is 2. The standard InChI is InChI=1S/C19H16BrCl/c1-12-7-10-16(17(21)11-12)19(20)18-13(2)8-9-14-5-3-4-6-15(14)18/h3-11,19H,1-2H3. The van der Waals surface area contributed by atoms with Crippen molar-refractivity contribution in [2.75, 3.05) is 0 Å². The van der Waals surface area contributed by atoms with Crippen molar-refractivity contribution in [2.45, 2.75) is 18.7 Å². The molecular weight excluding hydrogens is 344 g/mol. The molecule has 0 nitrogen and oxygen atoms in total. The van der Waals surface area contributed by atoms with E-state index in [1.165, 1.54) is 27.5 Å². The van der Waals surface area contributed by atoms with Gasteiger partial charge >= 0.3 is 0 Å². The highest BCUT2D eigenvalue weighted by Gasteiger charge is 2.18. The lowest BCUT2D eigenvalue weighted by molar-refractivity contribution is 1.16. The Bertz CT molecular complexity index is 808. The fraction of sp³-hybridized carbons (Fsp3) is 0.158. The maximum Gasteiger partial charge on any atom is 0.0667 e. The van der Waals surface area contributed by atoms with Gasteiger partial charge in [0.25, 0.3) is 0 Å². The lowest BCUT2D eigenvalue weighted by Crippen LogP contribution is -1.98. The Morgan fingerprint density at radius 3 is 2.48 bits per heavy atom. The molecule has 3 aromatic rings. The van der Waals surface area contributed by atoms with Crippen molar-refractivity contribution in [1.29, 1.82) is 0 Å². The van der Waals surface area contributed by atoms with Crippen molar-refractivity contribution in [3.05, 3.63) is 81.9 Å². The first-order valence-electron chi connectivity index (χ1n) is 6.96. The Kier molecular flexibility index (Phi) is 4.05. The monoisotopic (exact) mass is 358 g/mol. The molecule has 106 valence electrons. The van der Waals surface area contributed by atoms with Gasteiger partial charge in [0.05, 0.1) is 4.83 Å². The van der Waals surface area contributed by atoms with Crippen LogP contribution in [0.3, 0.4) is 0 Å². The molecule has 0 radical (unpaired) electrons. The third-order valence-electron chi connectivity index (χ3n) is 3.87. The van der Waals surface area contributed by atoms with Gasteiger partial charge in [0.1, 0.15) is 0 Å². The van der Waals surface area contributed by atoms with E-state index in [9.17, 15) is 0 Å². The van der Waals surface area contributed by atoms with Crippen LogP contribution in [0.1, 0.15) is 27.1 Å². The molecule has 0 fully saturated rings. The Morgan fingerprint density at radius 1 is 0.952 bits per heavy atom. The van der Waals surface area contributed by atoms with Gasteiger partial charge in [-0.2, -0.15) is 0 Å². The summed E-state index contributed by atoms with van der Waals surface area (Å²) in [6.45, 7) is 4.21. The Labute approximate surface area is 138 Å². The SMILES string of the molecule is Cc1ccc(C(Br)c2c(C)ccc3ccccc23)c(Cl)c1. The van der Waals surface area contributed by atoms with Gasteiger partial charge < -0.3 is 0 Å². The van der Waals surface area contributed by atoms with Crippen molar-refractivity contribution < 1.29 is 0 Å². The van der Waals surface area contributed by atoms with Crippen molar-refractivity contribution in [3.63, 3.8) is 0 Å². The van der Waals surface area contributed by atoms with E-state index in [1.807, 2.05) is 6.07 Å². The van der Waals surface area contributed by atoms with Crippen LogP contribution in [-0.4, -0.2) is 0 Å². The number of aryl methyl sites for hydroxylation is 2. The fourth-order valence-corrected chi connectivity index (χ4v) is 4.22. The first-order chi connectivity index (χ1) is 10.1. The molecule has 0 N–H and O–H groups in total. The summed E-state index contributed by atoms with van der Waals surface area (Å²) in [5, 5.41) is 3.34. The normalized spacial score (nSPS) is 12.6. The van der Waals surface area contributed by atoms with E-state index < -0.39 is 0 Å². The zero-order valence-electron chi connectivity index (χ0n) is 12.0. The molecule has 3 rings (SSSR count). The smallest absolute Gasteiger partial charge is 0.0667 e. The predicted octanol–water partition coefficient (Wildman–Crippen LogP) is 6.59. The van der Waals surface area contributed by atoms with Gasteiger partial charge in [-0.3, -0.25) is 0 Å². The first-order valence-corrected chi connectivity index (χ1v) is 8.25. The van der Waals surface area contributed by atoms with Crippen LogP contribution >= 0.6 is 27.5 Å². The molecule has 0 saturated heterocycles. The molecule has 1 unspecified atom stereocenters. The topological polar surface area (TPSA) is 0 Å². The van der Waals surface area contributed by atoms with Gasteiger partial charge in [-0.1, -0.05) is 76.1 Å². The van der Waals surface area contributed by atoms with E-state index in [2.05, 4.69) is 78.3 Å². The largest absolute Gasteiger partial charge is 0.0840 e. The zero-order valence-corrected chi connectivity index (χ0v) is 14.4. The number of benzene rings is 3. The van der Waals surface area contributed by atoms with Crippen LogP contribution in [0.15, 0.2) is 54.6 Å². The van der Waals surface area contributed by atoms with E-state index >= 15 is 0 Å². The van der Waals surface area contributed by atoms with E-state index in [4.69, 9.17) is 11.6 Å². The fourth-order valence-electron chi connectivity index (χ4n) is 2.73.